The normalized spacial score (nSPS) is 16.6. The molecule has 7 nitrogen and oxygen atoms in total. The first kappa shape index (κ1) is 24.9. The van der Waals surface area contributed by atoms with E-state index >= 15 is 0 Å². The molecule has 1 fully saturated rings. The van der Waals surface area contributed by atoms with Gasteiger partial charge in [-0.2, -0.15) is 4.31 Å². The second kappa shape index (κ2) is 10.4. The number of nitrogens with zero attached hydrogens (tertiary/aromatic N) is 1. The monoisotopic (exact) mass is 476 g/mol. The van der Waals surface area contributed by atoms with Crippen molar-refractivity contribution in [3.8, 4) is 0 Å². The van der Waals surface area contributed by atoms with Crippen LogP contribution in [0.5, 0.6) is 0 Å². The maximum atomic E-state index is 13.1. The number of carbonyl (C=O) groups excluding carboxylic acids is 2. The van der Waals surface area contributed by atoms with Crippen LogP contribution in [-0.2, 0) is 19.6 Å². The number of aryl methyl sites for hydroxylation is 1. The van der Waals surface area contributed by atoms with Crippen molar-refractivity contribution >= 4 is 21.9 Å². The predicted molar refractivity (Wildman–Crippen MR) is 122 cm³/mol. The summed E-state index contributed by atoms with van der Waals surface area (Å²) in [7, 11) is -3.71. The SMILES string of the molecule is Cc1ccc(S(=O)(=O)N2CCCCC2)cc1C(=O)OC(C)C(=O)NC(C)c1ccc(F)cc1. The predicted octanol–water partition coefficient (Wildman–Crippen LogP) is 3.73. The van der Waals surface area contributed by atoms with Crippen LogP contribution in [0.2, 0.25) is 0 Å². The van der Waals surface area contributed by atoms with Gasteiger partial charge in [0.2, 0.25) is 10.0 Å². The number of piperidine rings is 1. The summed E-state index contributed by atoms with van der Waals surface area (Å²) in [5, 5.41) is 2.72. The van der Waals surface area contributed by atoms with Crippen LogP contribution < -0.4 is 5.32 Å². The minimum atomic E-state index is -3.71. The zero-order valence-electron chi connectivity index (χ0n) is 19.0. The fraction of sp³-hybridized carbons (Fsp3) is 0.417. The molecule has 2 aromatic carbocycles. The lowest BCUT2D eigenvalue weighted by Crippen LogP contribution is -2.37. The molecule has 0 aliphatic carbocycles. The summed E-state index contributed by atoms with van der Waals surface area (Å²) < 4.78 is 45.8. The van der Waals surface area contributed by atoms with Crippen molar-refractivity contribution in [2.45, 2.75) is 57.1 Å². The van der Waals surface area contributed by atoms with Crippen LogP contribution in [0.4, 0.5) is 4.39 Å². The van der Waals surface area contributed by atoms with E-state index in [1.807, 2.05) is 0 Å². The number of esters is 1. The number of rotatable bonds is 7. The highest BCUT2D eigenvalue weighted by Crippen LogP contribution is 2.23. The molecule has 9 heteroatoms. The summed E-state index contributed by atoms with van der Waals surface area (Å²) in [6.45, 7) is 5.77. The maximum absolute atomic E-state index is 13.1. The lowest BCUT2D eigenvalue weighted by atomic mass is 10.1. The summed E-state index contributed by atoms with van der Waals surface area (Å²) in [4.78, 5) is 25.3. The Balaban J connectivity index is 1.69. The molecule has 0 spiro atoms. The molecule has 0 saturated carbocycles. The van der Waals surface area contributed by atoms with Gasteiger partial charge in [-0.1, -0.05) is 24.6 Å². The molecule has 178 valence electrons. The lowest BCUT2D eigenvalue weighted by Gasteiger charge is -2.26. The average Bonchev–Trinajstić information content (AvgIpc) is 2.80. The lowest BCUT2D eigenvalue weighted by molar-refractivity contribution is -0.129. The summed E-state index contributed by atoms with van der Waals surface area (Å²) >= 11 is 0. The third kappa shape index (κ3) is 5.97. The number of hydrogen-bond donors (Lipinski definition) is 1. The summed E-state index contributed by atoms with van der Waals surface area (Å²) in [5.74, 6) is -1.67. The van der Waals surface area contributed by atoms with Crippen molar-refractivity contribution in [3.63, 3.8) is 0 Å². The first-order valence-corrected chi connectivity index (χ1v) is 12.4. The molecule has 0 bridgehead atoms. The van der Waals surface area contributed by atoms with Gasteiger partial charge >= 0.3 is 5.97 Å². The van der Waals surface area contributed by atoms with E-state index in [9.17, 15) is 22.4 Å². The molecule has 1 heterocycles. The molecule has 1 saturated heterocycles. The fourth-order valence-corrected chi connectivity index (χ4v) is 5.22. The van der Waals surface area contributed by atoms with Gasteiger partial charge in [-0.3, -0.25) is 4.79 Å². The molecule has 0 aromatic heterocycles. The number of amides is 1. The van der Waals surface area contributed by atoms with Crippen LogP contribution >= 0.6 is 0 Å². The van der Waals surface area contributed by atoms with Gasteiger partial charge in [0, 0.05) is 13.1 Å². The smallest absolute Gasteiger partial charge is 0.339 e. The minimum absolute atomic E-state index is 0.0315. The van der Waals surface area contributed by atoms with Crippen LogP contribution in [0, 0.1) is 12.7 Å². The molecule has 3 rings (SSSR count). The van der Waals surface area contributed by atoms with Crippen molar-refractivity contribution in [1.82, 2.24) is 9.62 Å². The van der Waals surface area contributed by atoms with Crippen molar-refractivity contribution < 1.29 is 27.1 Å². The highest BCUT2D eigenvalue weighted by molar-refractivity contribution is 7.89. The Morgan fingerprint density at radius 1 is 1.03 bits per heavy atom. The largest absolute Gasteiger partial charge is 0.449 e. The van der Waals surface area contributed by atoms with E-state index in [1.165, 1.54) is 35.5 Å². The highest BCUT2D eigenvalue weighted by Gasteiger charge is 2.28. The van der Waals surface area contributed by atoms with E-state index in [0.717, 1.165) is 19.3 Å². The number of benzene rings is 2. The van der Waals surface area contributed by atoms with Crippen LogP contribution in [0.3, 0.4) is 0 Å². The number of halogens is 1. The van der Waals surface area contributed by atoms with E-state index < -0.39 is 34.0 Å². The summed E-state index contributed by atoms with van der Waals surface area (Å²) in [6.07, 6.45) is 1.51. The van der Waals surface area contributed by atoms with Gasteiger partial charge in [-0.25, -0.2) is 17.6 Å². The van der Waals surface area contributed by atoms with Crippen LogP contribution in [0.1, 0.15) is 60.6 Å². The first-order valence-electron chi connectivity index (χ1n) is 11.0. The topological polar surface area (TPSA) is 92.8 Å². The van der Waals surface area contributed by atoms with E-state index in [1.54, 1.807) is 32.0 Å². The molecule has 2 unspecified atom stereocenters. The Hall–Kier alpha value is -2.78. The van der Waals surface area contributed by atoms with Crippen molar-refractivity contribution in [1.29, 1.82) is 0 Å². The number of carbonyl (C=O) groups is 2. The first-order chi connectivity index (χ1) is 15.6. The maximum Gasteiger partial charge on any atom is 0.339 e. The average molecular weight is 477 g/mol. The number of ether oxygens (including phenoxy) is 1. The molecule has 1 amide bonds. The second-order valence-corrected chi connectivity index (χ2v) is 10.2. The van der Waals surface area contributed by atoms with Gasteiger partial charge in [0.1, 0.15) is 5.82 Å². The Bertz CT molecular complexity index is 1110. The number of nitrogens with one attached hydrogen (secondary N) is 1. The van der Waals surface area contributed by atoms with Crippen molar-refractivity contribution in [2.75, 3.05) is 13.1 Å². The zero-order valence-corrected chi connectivity index (χ0v) is 19.8. The van der Waals surface area contributed by atoms with Gasteiger partial charge in [0.05, 0.1) is 16.5 Å². The molecule has 1 N–H and O–H groups in total. The summed E-state index contributed by atoms with van der Waals surface area (Å²) in [5.41, 5.74) is 1.35. The molecular formula is C24H29FN2O5S. The van der Waals surface area contributed by atoms with E-state index in [2.05, 4.69) is 5.32 Å². The van der Waals surface area contributed by atoms with Gasteiger partial charge in [-0.05, 0) is 69.0 Å². The highest BCUT2D eigenvalue weighted by atomic mass is 32.2. The number of hydrogen-bond acceptors (Lipinski definition) is 5. The van der Waals surface area contributed by atoms with Crippen LogP contribution in [-0.4, -0.2) is 43.8 Å². The van der Waals surface area contributed by atoms with Gasteiger partial charge in [-0.15, -0.1) is 0 Å². The Kier molecular flexibility index (Phi) is 7.86. The zero-order chi connectivity index (χ0) is 24.2. The quantitative estimate of drug-likeness (QED) is 0.615. The second-order valence-electron chi connectivity index (χ2n) is 8.27. The fourth-order valence-electron chi connectivity index (χ4n) is 3.68. The van der Waals surface area contributed by atoms with Crippen molar-refractivity contribution in [3.05, 3.63) is 65.0 Å². The molecule has 2 atom stereocenters. The third-order valence-electron chi connectivity index (χ3n) is 5.76. The van der Waals surface area contributed by atoms with E-state index in [4.69, 9.17) is 4.74 Å². The Morgan fingerprint density at radius 2 is 1.67 bits per heavy atom. The minimum Gasteiger partial charge on any atom is -0.449 e. The molecule has 1 aliphatic rings. The van der Waals surface area contributed by atoms with Gasteiger partial charge in [0.25, 0.3) is 5.91 Å². The van der Waals surface area contributed by atoms with Crippen LogP contribution in [0.15, 0.2) is 47.4 Å². The van der Waals surface area contributed by atoms with Crippen LogP contribution in [0.25, 0.3) is 0 Å². The standard InChI is InChI=1S/C24H29FN2O5S/c1-16-7-12-21(33(30,31)27-13-5-4-6-14-27)15-22(16)24(29)32-18(3)23(28)26-17(2)19-8-10-20(25)11-9-19/h7-12,15,17-18H,4-6,13-14H2,1-3H3,(H,26,28). The van der Waals surface area contributed by atoms with E-state index in [0.29, 0.717) is 24.2 Å². The third-order valence-corrected chi connectivity index (χ3v) is 7.66. The molecule has 1 aliphatic heterocycles. The summed E-state index contributed by atoms with van der Waals surface area (Å²) in [6, 6.07) is 9.67. The van der Waals surface area contributed by atoms with Crippen molar-refractivity contribution in [2.24, 2.45) is 0 Å². The van der Waals surface area contributed by atoms with E-state index in [-0.39, 0.29) is 16.3 Å². The van der Waals surface area contributed by atoms with Gasteiger partial charge in [0.15, 0.2) is 6.10 Å². The number of sulfonamides is 1. The molecule has 2 aromatic rings. The molecular weight excluding hydrogens is 447 g/mol. The van der Waals surface area contributed by atoms with Gasteiger partial charge < -0.3 is 10.1 Å². The molecule has 33 heavy (non-hydrogen) atoms. The Morgan fingerprint density at radius 3 is 2.30 bits per heavy atom. The molecule has 0 radical (unpaired) electrons. The Labute approximate surface area is 194 Å².